The van der Waals surface area contributed by atoms with Crippen molar-refractivity contribution in [2.24, 2.45) is 0 Å². The molecule has 1 aromatic rings. The van der Waals surface area contributed by atoms with E-state index in [1.54, 1.807) is 29.5 Å². The number of methoxy groups -OCH3 is 1. The van der Waals surface area contributed by atoms with Crippen LogP contribution < -0.4 is 0 Å². The van der Waals surface area contributed by atoms with E-state index < -0.39 is 10.0 Å². The summed E-state index contributed by atoms with van der Waals surface area (Å²) < 4.78 is 37.7. The lowest BCUT2D eigenvalue weighted by molar-refractivity contribution is -0.154. The molecule has 1 aromatic heterocycles. The monoisotopic (exact) mass is 388 g/mol. The Hall–Kier alpha value is -1.00. The van der Waals surface area contributed by atoms with Crippen LogP contribution in [0, 0.1) is 0 Å². The minimum Gasteiger partial charge on any atom is -0.381 e. The first kappa shape index (κ1) is 18.8. The molecule has 0 bridgehead atoms. The maximum absolute atomic E-state index is 12.8. The number of rotatable bonds is 5. The molecule has 9 heteroatoms. The fourth-order valence-corrected chi connectivity index (χ4v) is 5.85. The maximum Gasteiger partial charge on any atom is 0.252 e. The Morgan fingerprint density at radius 3 is 2.96 bits per heavy atom. The predicted molar refractivity (Wildman–Crippen MR) is 94.0 cm³/mol. The van der Waals surface area contributed by atoms with Crippen LogP contribution in [0.1, 0.15) is 19.3 Å². The van der Waals surface area contributed by atoms with Crippen molar-refractivity contribution >= 4 is 27.3 Å². The SMILES string of the molecule is CO[C@@H]1CC[C@H]2OCCN(C(=O)CN(C)S(=O)(=O)c3cccs3)[C@@H]2C1. The Morgan fingerprint density at radius 1 is 1.48 bits per heavy atom. The van der Waals surface area contributed by atoms with Crippen LogP contribution >= 0.6 is 11.3 Å². The number of ether oxygens (including phenoxy) is 2. The van der Waals surface area contributed by atoms with Crippen molar-refractivity contribution in [1.82, 2.24) is 9.21 Å². The third-order valence-corrected chi connectivity index (χ3v) is 8.12. The highest BCUT2D eigenvalue weighted by molar-refractivity contribution is 7.91. The summed E-state index contributed by atoms with van der Waals surface area (Å²) in [6.07, 6.45) is 2.64. The molecule has 1 aliphatic carbocycles. The molecule has 2 heterocycles. The normalized spacial score (nSPS) is 27.3. The number of amides is 1. The summed E-state index contributed by atoms with van der Waals surface area (Å²) in [6.45, 7) is 0.816. The van der Waals surface area contributed by atoms with E-state index in [2.05, 4.69) is 0 Å². The van der Waals surface area contributed by atoms with Gasteiger partial charge in [0.2, 0.25) is 5.91 Å². The lowest BCUT2D eigenvalue weighted by atomic mass is 9.88. The van der Waals surface area contributed by atoms with Gasteiger partial charge in [-0.25, -0.2) is 8.42 Å². The molecule has 7 nitrogen and oxygen atoms in total. The smallest absolute Gasteiger partial charge is 0.252 e. The summed E-state index contributed by atoms with van der Waals surface area (Å²) in [5, 5.41) is 1.71. The molecule has 2 fully saturated rings. The van der Waals surface area contributed by atoms with Crippen LogP contribution in [-0.4, -0.2) is 75.6 Å². The summed E-state index contributed by atoms with van der Waals surface area (Å²) >= 11 is 1.15. The Labute approximate surface area is 152 Å². The molecule has 1 saturated heterocycles. The van der Waals surface area contributed by atoms with Crippen LogP contribution in [0.2, 0.25) is 0 Å². The summed E-state index contributed by atoms with van der Waals surface area (Å²) in [5.74, 6) is -0.183. The highest BCUT2D eigenvalue weighted by Gasteiger charge is 2.40. The molecule has 2 aliphatic rings. The summed E-state index contributed by atoms with van der Waals surface area (Å²) in [7, 11) is -0.495. The number of likely N-dealkylation sites (N-methyl/N-ethyl adjacent to an activating group) is 1. The third kappa shape index (κ3) is 3.90. The maximum atomic E-state index is 12.8. The van der Waals surface area contributed by atoms with E-state index >= 15 is 0 Å². The van der Waals surface area contributed by atoms with Gasteiger partial charge in [-0.3, -0.25) is 4.79 Å². The van der Waals surface area contributed by atoms with Gasteiger partial charge in [-0.1, -0.05) is 6.07 Å². The quantitative estimate of drug-likeness (QED) is 0.757. The lowest BCUT2D eigenvalue weighted by Crippen LogP contribution is -2.58. The van der Waals surface area contributed by atoms with Crippen LogP contribution in [0.4, 0.5) is 0 Å². The first-order valence-electron chi connectivity index (χ1n) is 8.37. The zero-order chi connectivity index (χ0) is 18.0. The average Bonchev–Trinajstić information content (AvgIpc) is 3.16. The van der Waals surface area contributed by atoms with E-state index in [1.165, 1.54) is 7.05 Å². The largest absolute Gasteiger partial charge is 0.381 e. The zero-order valence-corrected chi connectivity index (χ0v) is 16.1. The van der Waals surface area contributed by atoms with Gasteiger partial charge in [0.1, 0.15) is 4.21 Å². The second kappa shape index (κ2) is 7.71. The Kier molecular flexibility index (Phi) is 5.79. The highest BCUT2D eigenvalue weighted by atomic mass is 32.2. The lowest BCUT2D eigenvalue weighted by Gasteiger charge is -2.45. The van der Waals surface area contributed by atoms with Crippen LogP contribution in [0.3, 0.4) is 0 Å². The Balaban J connectivity index is 1.69. The summed E-state index contributed by atoms with van der Waals surface area (Å²) in [5.41, 5.74) is 0. The second-order valence-electron chi connectivity index (χ2n) is 6.43. The molecule has 1 saturated carbocycles. The minimum absolute atomic E-state index is 0.0170. The van der Waals surface area contributed by atoms with Gasteiger partial charge in [-0.05, 0) is 30.7 Å². The van der Waals surface area contributed by atoms with Gasteiger partial charge in [-0.2, -0.15) is 4.31 Å². The molecular formula is C16H24N2O5S2. The highest BCUT2D eigenvalue weighted by Crippen LogP contribution is 2.30. The van der Waals surface area contributed by atoms with Crippen molar-refractivity contribution in [1.29, 1.82) is 0 Å². The number of hydrogen-bond donors (Lipinski definition) is 0. The Morgan fingerprint density at radius 2 is 2.28 bits per heavy atom. The molecule has 140 valence electrons. The van der Waals surface area contributed by atoms with Crippen molar-refractivity contribution in [3.8, 4) is 0 Å². The average molecular weight is 389 g/mol. The number of nitrogens with zero attached hydrogens (tertiary/aromatic N) is 2. The minimum atomic E-state index is -3.63. The van der Waals surface area contributed by atoms with Crippen molar-refractivity contribution in [3.05, 3.63) is 17.5 Å². The molecule has 0 aromatic carbocycles. The number of carbonyl (C=O) groups excluding carboxylic acids is 1. The van der Waals surface area contributed by atoms with Crippen LogP contribution in [0.5, 0.6) is 0 Å². The fourth-order valence-electron chi connectivity index (χ4n) is 3.53. The molecule has 0 spiro atoms. The third-order valence-electron chi connectivity index (χ3n) is 4.94. The van der Waals surface area contributed by atoms with Gasteiger partial charge in [0.25, 0.3) is 10.0 Å². The van der Waals surface area contributed by atoms with E-state index in [4.69, 9.17) is 9.47 Å². The van der Waals surface area contributed by atoms with Crippen molar-refractivity contribution in [2.75, 3.05) is 33.9 Å². The zero-order valence-electron chi connectivity index (χ0n) is 14.5. The molecule has 1 amide bonds. The van der Waals surface area contributed by atoms with Crippen LogP contribution in [0.25, 0.3) is 0 Å². The standard InChI is InChI=1S/C16H24N2O5S2/c1-17(25(20,21)16-4-3-9-24-16)11-15(19)18-7-8-23-14-6-5-12(22-2)10-13(14)18/h3-4,9,12-14H,5-8,10-11H2,1-2H3/t12-,13-,14-/m1/s1. The fraction of sp³-hybridized carbons (Fsp3) is 0.688. The number of sulfonamides is 1. The topological polar surface area (TPSA) is 76.2 Å². The van der Waals surface area contributed by atoms with E-state index in [9.17, 15) is 13.2 Å². The first-order chi connectivity index (χ1) is 11.9. The molecule has 0 unspecified atom stereocenters. The first-order valence-corrected chi connectivity index (χ1v) is 10.7. The van der Waals surface area contributed by atoms with Crippen molar-refractivity contribution < 1.29 is 22.7 Å². The van der Waals surface area contributed by atoms with Gasteiger partial charge in [0.05, 0.1) is 31.4 Å². The molecule has 3 rings (SSSR count). The van der Waals surface area contributed by atoms with Gasteiger partial charge >= 0.3 is 0 Å². The van der Waals surface area contributed by atoms with E-state index in [0.717, 1.165) is 34.9 Å². The van der Waals surface area contributed by atoms with Crippen LogP contribution in [0.15, 0.2) is 21.7 Å². The van der Waals surface area contributed by atoms with Gasteiger partial charge < -0.3 is 14.4 Å². The number of hydrogen-bond acceptors (Lipinski definition) is 6. The van der Waals surface area contributed by atoms with Gasteiger partial charge in [0, 0.05) is 20.7 Å². The molecule has 0 N–H and O–H groups in total. The molecule has 3 atom stereocenters. The van der Waals surface area contributed by atoms with Crippen molar-refractivity contribution in [2.45, 2.75) is 41.7 Å². The van der Waals surface area contributed by atoms with E-state index in [1.807, 2.05) is 0 Å². The number of thiophene rings is 1. The Bertz CT molecular complexity index is 691. The van der Waals surface area contributed by atoms with Crippen molar-refractivity contribution in [3.63, 3.8) is 0 Å². The molecule has 0 radical (unpaired) electrons. The molecule has 25 heavy (non-hydrogen) atoms. The summed E-state index contributed by atoms with van der Waals surface area (Å²) in [6, 6.07) is 3.20. The number of fused-ring (bicyclic) bond motifs is 1. The van der Waals surface area contributed by atoms with Gasteiger partial charge in [0.15, 0.2) is 0 Å². The molecule has 1 aliphatic heterocycles. The van der Waals surface area contributed by atoms with E-state index in [-0.39, 0.29) is 34.9 Å². The van der Waals surface area contributed by atoms with Gasteiger partial charge in [-0.15, -0.1) is 11.3 Å². The second-order valence-corrected chi connectivity index (χ2v) is 9.65. The number of morpholine rings is 1. The van der Waals surface area contributed by atoms with E-state index in [0.29, 0.717) is 13.2 Å². The number of carbonyl (C=O) groups is 1. The van der Waals surface area contributed by atoms with Crippen LogP contribution in [-0.2, 0) is 24.3 Å². The molecular weight excluding hydrogens is 364 g/mol. The summed E-state index contributed by atoms with van der Waals surface area (Å²) in [4.78, 5) is 14.6. The predicted octanol–water partition coefficient (Wildman–Crippen LogP) is 1.16.